The van der Waals surface area contributed by atoms with Gasteiger partial charge in [-0.1, -0.05) is 25.0 Å². The number of carbonyl (C=O) groups excluding carboxylic acids is 1. The van der Waals surface area contributed by atoms with Crippen molar-refractivity contribution < 1.29 is 13.2 Å². The summed E-state index contributed by atoms with van der Waals surface area (Å²) in [5.74, 6) is -0.199. The molecule has 0 radical (unpaired) electrons. The fraction of sp³-hybridized carbons (Fsp3) is 0.381. The molecule has 5 heteroatoms. The van der Waals surface area contributed by atoms with Crippen LogP contribution in [0.15, 0.2) is 47.4 Å². The van der Waals surface area contributed by atoms with Crippen molar-refractivity contribution in [2.45, 2.75) is 55.1 Å². The molecule has 1 fully saturated rings. The Morgan fingerprint density at radius 3 is 2.50 bits per heavy atom. The van der Waals surface area contributed by atoms with E-state index in [1.54, 1.807) is 24.3 Å². The van der Waals surface area contributed by atoms with E-state index < -0.39 is 9.84 Å². The van der Waals surface area contributed by atoms with Crippen molar-refractivity contribution in [2.75, 3.05) is 5.32 Å². The van der Waals surface area contributed by atoms with Crippen LogP contribution < -0.4 is 5.32 Å². The highest BCUT2D eigenvalue weighted by atomic mass is 32.2. The van der Waals surface area contributed by atoms with Crippen LogP contribution in [0.25, 0.3) is 0 Å². The number of fused-ring (bicyclic) bond motifs is 1. The minimum absolute atomic E-state index is 0.199. The molecule has 1 saturated carbocycles. The van der Waals surface area contributed by atoms with Crippen LogP contribution in [0.2, 0.25) is 0 Å². The minimum atomic E-state index is -3.32. The molecule has 4 nitrogen and oxygen atoms in total. The van der Waals surface area contributed by atoms with E-state index in [1.807, 2.05) is 18.2 Å². The van der Waals surface area contributed by atoms with E-state index in [-0.39, 0.29) is 11.2 Å². The number of hydrogen-bond donors (Lipinski definition) is 1. The highest BCUT2D eigenvalue weighted by Crippen LogP contribution is 2.30. The molecule has 0 aliphatic heterocycles. The van der Waals surface area contributed by atoms with Crippen LogP contribution in [-0.4, -0.2) is 19.6 Å². The maximum Gasteiger partial charge on any atom is 0.255 e. The minimum Gasteiger partial charge on any atom is -0.322 e. The van der Waals surface area contributed by atoms with Crippen LogP contribution in [0.1, 0.15) is 53.6 Å². The molecule has 0 heterocycles. The van der Waals surface area contributed by atoms with E-state index in [1.165, 1.54) is 11.1 Å². The molecule has 4 rings (SSSR count). The summed E-state index contributed by atoms with van der Waals surface area (Å²) in [4.78, 5) is 12.9. The SMILES string of the molecule is O=C(Nc1cccc(S(=O)(=O)C2CCCC2)c1)c1ccc2c(c1)CCC2. The molecule has 2 aliphatic rings. The summed E-state index contributed by atoms with van der Waals surface area (Å²) in [7, 11) is -3.32. The molecular formula is C21H23NO3S. The Morgan fingerprint density at radius 1 is 0.923 bits per heavy atom. The summed E-state index contributed by atoms with van der Waals surface area (Å²) in [5.41, 5.74) is 3.71. The maximum absolute atomic E-state index is 12.8. The Kier molecular flexibility index (Phi) is 4.57. The van der Waals surface area contributed by atoms with Gasteiger partial charge in [0, 0.05) is 11.3 Å². The summed E-state index contributed by atoms with van der Waals surface area (Å²) in [6, 6.07) is 12.5. The standard InChI is InChI=1S/C21H23NO3S/c23-21(17-12-11-15-5-3-6-16(15)13-17)22-18-7-4-10-20(14-18)26(24,25)19-8-1-2-9-19/h4,7,10-14,19H,1-3,5-6,8-9H2,(H,22,23). The average Bonchev–Trinajstić information content (AvgIpc) is 3.33. The van der Waals surface area contributed by atoms with Crippen molar-refractivity contribution in [1.29, 1.82) is 0 Å². The van der Waals surface area contributed by atoms with E-state index in [0.717, 1.165) is 44.9 Å². The Morgan fingerprint density at radius 2 is 1.69 bits per heavy atom. The molecular weight excluding hydrogens is 346 g/mol. The van der Waals surface area contributed by atoms with Gasteiger partial charge in [-0.15, -0.1) is 0 Å². The van der Waals surface area contributed by atoms with Gasteiger partial charge in [0.15, 0.2) is 9.84 Å². The third kappa shape index (κ3) is 3.28. The lowest BCUT2D eigenvalue weighted by atomic mass is 10.1. The highest BCUT2D eigenvalue weighted by molar-refractivity contribution is 7.92. The van der Waals surface area contributed by atoms with Crippen LogP contribution in [0.4, 0.5) is 5.69 Å². The van der Waals surface area contributed by atoms with Gasteiger partial charge in [0.2, 0.25) is 0 Å². The molecule has 0 atom stereocenters. The van der Waals surface area contributed by atoms with Crippen molar-refractivity contribution in [2.24, 2.45) is 0 Å². The lowest BCUT2D eigenvalue weighted by molar-refractivity contribution is 0.102. The van der Waals surface area contributed by atoms with E-state index >= 15 is 0 Å². The first-order valence-electron chi connectivity index (χ1n) is 9.31. The predicted molar refractivity (Wildman–Crippen MR) is 102 cm³/mol. The van der Waals surface area contributed by atoms with E-state index in [2.05, 4.69) is 5.32 Å². The maximum atomic E-state index is 12.8. The summed E-state index contributed by atoms with van der Waals surface area (Å²) >= 11 is 0. The van der Waals surface area contributed by atoms with Gasteiger partial charge in [-0.3, -0.25) is 4.79 Å². The Balaban J connectivity index is 1.54. The van der Waals surface area contributed by atoms with E-state index in [4.69, 9.17) is 0 Å². The van der Waals surface area contributed by atoms with Crippen molar-refractivity contribution in [3.8, 4) is 0 Å². The fourth-order valence-corrected chi connectivity index (χ4v) is 5.96. The highest BCUT2D eigenvalue weighted by Gasteiger charge is 2.30. The molecule has 0 spiro atoms. The van der Waals surface area contributed by atoms with Crippen LogP contribution in [0.5, 0.6) is 0 Å². The van der Waals surface area contributed by atoms with Gasteiger partial charge < -0.3 is 5.32 Å². The molecule has 0 saturated heterocycles. The van der Waals surface area contributed by atoms with Crippen LogP contribution in [-0.2, 0) is 22.7 Å². The molecule has 1 amide bonds. The van der Waals surface area contributed by atoms with Gasteiger partial charge in [0.25, 0.3) is 5.91 Å². The summed E-state index contributed by atoms with van der Waals surface area (Å²) in [6.07, 6.45) is 6.64. The smallest absolute Gasteiger partial charge is 0.255 e. The summed E-state index contributed by atoms with van der Waals surface area (Å²) < 4.78 is 25.5. The zero-order chi connectivity index (χ0) is 18.1. The zero-order valence-electron chi connectivity index (χ0n) is 14.7. The number of rotatable bonds is 4. The number of aryl methyl sites for hydroxylation is 2. The first kappa shape index (κ1) is 17.3. The molecule has 1 N–H and O–H groups in total. The van der Waals surface area contributed by atoms with Gasteiger partial charge >= 0.3 is 0 Å². The molecule has 0 bridgehead atoms. The topological polar surface area (TPSA) is 63.2 Å². The van der Waals surface area contributed by atoms with E-state index in [0.29, 0.717) is 16.1 Å². The second-order valence-corrected chi connectivity index (χ2v) is 9.50. The predicted octanol–water partition coefficient (Wildman–Crippen LogP) is 4.14. The zero-order valence-corrected chi connectivity index (χ0v) is 15.5. The number of nitrogens with one attached hydrogen (secondary N) is 1. The number of hydrogen-bond acceptors (Lipinski definition) is 3. The molecule has 0 aromatic heterocycles. The Hall–Kier alpha value is -2.14. The second kappa shape index (κ2) is 6.88. The van der Waals surface area contributed by atoms with Crippen molar-refractivity contribution >= 4 is 21.4 Å². The van der Waals surface area contributed by atoms with Crippen LogP contribution in [0, 0.1) is 0 Å². The first-order chi connectivity index (χ1) is 12.5. The molecule has 0 unspecified atom stereocenters. The van der Waals surface area contributed by atoms with E-state index in [9.17, 15) is 13.2 Å². The summed E-state index contributed by atoms with van der Waals surface area (Å²) in [5, 5.41) is 2.56. The fourth-order valence-electron chi connectivity index (χ4n) is 4.06. The van der Waals surface area contributed by atoms with Crippen LogP contribution in [0.3, 0.4) is 0 Å². The Labute approximate surface area is 154 Å². The quantitative estimate of drug-likeness (QED) is 0.881. The first-order valence-corrected chi connectivity index (χ1v) is 10.9. The van der Waals surface area contributed by atoms with Gasteiger partial charge in [0.05, 0.1) is 10.1 Å². The largest absolute Gasteiger partial charge is 0.322 e. The van der Waals surface area contributed by atoms with Gasteiger partial charge in [0.1, 0.15) is 0 Å². The number of amides is 1. The third-order valence-corrected chi connectivity index (χ3v) is 7.78. The van der Waals surface area contributed by atoms with Crippen molar-refractivity contribution in [3.63, 3.8) is 0 Å². The Bertz CT molecular complexity index is 943. The molecule has 2 aliphatic carbocycles. The number of benzene rings is 2. The number of carbonyl (C=O) groups is 1. The normalized spacial score (nSPS) is 17.2. The molecule has 136 valence electrons. The lowest BCUT2D eigenvalue weighted by Crippen LogP contribution is -2.18. The van der Waals surface area contributed by atoms with Crippen molar-refractivity contribution in [3.05, 3.63) is 59.2 Å². The van der Waals surface area contributed by atoms with Gasteiger partial charge in [-0.05, 0) is 73.6 Å². The number of anilines is 1. The summed E-state index contributed by atoms with van der Waals surface area (Å²) in [6.45, 7) is 0. The molecule has 2 aromatic rings. The monoisotopic (exact) mass is 369 g/mol. The van der Waals surface area contributed by atoms with Crippen molar-refractivity contribution in [1.82, 2.24) is 0 Å². The molecule has 26 heavy (non-hydrogen) atoms. The average molecular weight is 369 g/mol. The number of sulfone groups is 1. The van der Waals surface area contributed by atoms with Crippen LogP contribution >= 0.6 is 0 Å². The van der Waals surface area contributed by atoms with Gasteiger partial charge in [-0.25, -0.2) is 8.42 Å². The lowest BCUT2D eigenvalue weighted by Gasteiger charge is -2.13. The van der Waals surface area contributed by atoms with Gasteiger partial charge in [-0.2, -0.15) is 0 Å². The third-order valence-electron chi connectivity index (χ3n) is 5.52. The molecule has 2 aromatic carbocycles. The second-order valence-electron chi connectivity index (χ2n) is 7.27.